The van der Waals surface area contributed by atoms with Crippen molar-refractivity contribution in [2.75, 3.05) is 32.2 Å². The highest BCUT2D eigenvalue weighted by atomic mass is 19.1. The van der Waals surface area contributed by atoms with Gasteiger partial charge in [0.1, 0.15) is 18.0 Å². The fourth-order valence-corrected chi connectivity index (χ4v) is 2.70. The Morgan fingerprint density at radius 2 is 2.27 bits per heavy atom. The molecular weight excluding hydrogens is 285 g/mol. The highest BCUT2D eigenvalue weighted by Gasteiger charge is 2.37. The number of ether oxygens (including phenoxy) is 2. The highest BCUT2D eigenvalue weighted by molar-refractivity contribution is 5.39. The predicted octanol–water partition coefficient (Wildman–Crippen LogP) is 2.39. The second kappa shape index (κ2) is 6.27. The molecule has 1 unspecified atom stereocenters. The van der Waals surface area contributed by atoms with Crippen LogP contribution in [0.2, 0.25) is 0 Å². The number of nitrogens with zero attached hydrogens (tertiary/aromatic N) is 2. The number of hydrogen-bond donors (Lipinski definition) is 1. The molecular formula is C16H18FN3O2. The van der Waals surface area contributed by atoms with Crippen molar-refractivity contribution in [1.82, 2.24) is 9.97 Å². The van der Waals surface area contributed by atoms with Gasteiger partial charge in [-0.3, -0.25) is 0 Å². The third-order valence-electron chi connectivity index (χ3n) is 4.00. The maximum atomic E-state index is 13.6. The average molecular weight is 303 g/mol. The number of anilines is 1. The number of rotatable bonds is 5. The van der Waals surface area contributed by atoms with Crippen LogP contribution in [0.1, 0.15) is 12.0 Å². The maximum Gasteiger partial charge on any atom is 0.218 e. The molecule has 1 aromatic heterocycles. The fourth-order valence-electron chi connectivity index (χ4n) is 2.70. The molecule has 0 aliphatic carbocycles. The number of nitrogens with one attached hydrogen (secondary N) is 1. The Bertz CT molecular complexity index is 645. The summed E-state index contributed by atoms with van der Waals surface area (Å²) in [7, 11) is 1.56. The van der Waals surface area contributed by atoms with E-state index in [0.29, 0.717) is 31.5 Å². The standard InChI is InChI=1S/C16H18FN3O2/c1-21-15-8-14(19-11-20-15)18-9-16(5-6-22-10-16)12-3-2-4-13(17)7-12/h2-4,7-8,11H,5-6,9-10H2,1H3,(H,18,19,20). The van der Waals surface area contributed by atoms with E-state index in [1.165, 1.54) is 12.4 Å². The van der Waals surface area contributed by atoms with Crippen molar-refractivity contribution in [3.05, 3.63) is 48.0 Å². The largest absolute Gasteiger partial charge is 0.481 e. The van der Waals surface area contributed by atoms with Gasteiger partial charge in [0.15, 0.2) is 0 Å². The van der Waals surface area contributed by atoms with Crippen LogP contribution >= 0.6 is 0 Å². The van der Waals surface area contributed by atoms with Crippen molar-refractivity contribution in [1.29, 1.82) is 0 Å². The van der Waals surface area contributed by atoms with Gasteiger partial charge in [-0.25, -0.2) is 14.4 Å². The summed E-state index contributed by atoms with van der Waals surface area (Å²) in [6.07, 6.45) is 2.28. The van der Waals surface area contributed by atoms with Crippen LogP contribution in [-0.4, -0.2) is 36.8 Å². The summed E-state index contributed by atoms with van der Waals surface area (Å²) in [5.74, 6) is 0.946. The van der Waals surface area contributed by atoms with E-state index >= 15 is 0 Å². The topological polar surface area (TPSA) is 56.3 Å². The zero-order valence-electron chi connectivity index (χ0n) is 12.4. The Morgan fingerprint density at radius 3 is 3.00 bits per heavy atom. The monoisotopic (exact) mass is 303 g/mol. The molecule has 1 N–H and O–H groups in total. The van der Waals surface area contributed by atoms with E-state index < -0.39 is 0 Å². The smallest absolute Gasteiger partial charge is 0.218 e. The first kappa shape index (κ1) is 14.7. The lowest BCUT2D eigenvalue weighted by Crippen LogP contribution is -2.35. The molecule has 1 fully saturated rings. The van der Waals surface area contributed by atoms with E-state index in [1.807, 2.05) is 6.07 Å². The molecule has 1 aromatic carbocycles. The molecule has 1 aliphatic rings. The quantitative estimate of drug-likeness (QED) is 0.919. The van der Waals surface area contributed by atoms with E-state index in [1.54, 1.807) is 25.3 Å². The molecule has 0 spiro atoms. The molecule has 5 nitrogen and oxygen atoms in total. The Kier molecular flexibility index (Phi) is 4.20. The number of aromatic nitrogens is 2. The second-order valence-corrected chi connectivity index (χ2v) is 5.39. The van der Waals surface area contributed by atoms with Gasteiger partial charge < -0.3 is 14.8 Å². The lowest BCUT2D eigenvalue weighted by atomic mass is 9.79. The minimum atomic E-state index is -0.250. The minimum absolute atomic E-state index is 0.229. The Balaban J connectivity index is 1.80. The third kappa shape index (κ3) is 3.01. The lowest BCUT2D eigenvalue weighted by molar-refractivity contribution is 0.179. The zero-order valence-corrected chi connectivity index (χ0v) is 12.4. The molecule has 1 saturated heterocycles. The molecule has 0 saturated carbocycles. The molecule has 0 radical (unpaired) electrons. The molecule has 2 heterocycles. The highest BCUT2D eigenvalue weighted by Crippen LogP contribution is 2.33. The van der Waals surface area contributed by atoms with Gasteiger partial charge in [0, 0.05) is 24.6 Å². The molecule has 0 bridgehead atoms. The summed E-state index contributed by atoms with van der Waals surface area (Å²) in [6.45, 7) is 1.84. The van der Waals surface area contributed by atoms with Crippen LogP contribution in [0.3, 0.4) is 0 Å². The van der Waals surface area contributed by atoms with Crippen LogP contribution in [0.4, 0.5) is 10.2 Å². The summed E-state index contributed by atoms with van der Waals surface area (Å²) in [5.41, 5.74) is 0.693. The van der Waals surface area contributed by atoms with Crippen molar-refractivity contribution in [2.24, 2.45) is 0 Å². The van der Waals surface area contributed by atoms with Gasteiger partial charge in [-0.1, -0.05) is 12.1 Å². The first-order chi connectivity index (χ1) is 10.7. The zero-order chi connectivity index (χ0) is 15.4. The van der Waals surface area contributed by atoms with Gasteiger partial charge in [0.25, 0.3) is 0 Å². The van der Waals surface area contributed by atoms with Gasteiger partial charge in [0.05, 0.1) is 13.7 Å². The SMILES string of the molecule is COc1cc(NCC2(c3cccc(F)c3)CCOC2)ncn1. The number of methoxy groups -OCH3 is 1. The van der Waals surface area contributed by atoms with Gasteiger partial charge in [-0.15, -0.1) is 0 Å². The predicted molar refractivity (Wildman–Crippen MR) is 80.6 cm³/mol. The summed E-state index contributed by atoms with van der Waals surface area (Å²) < 4.78 is 24.2. The summed E-state index contributed by atoms with van der Waals surface area (Å²) in [5, 5.41) is 3.29. The van der Waals surface area contributed by atoms with Crippen LogP contribution < -0.4 is 10.1 Å². The van der Waals surface area contributed by atoms with Gasteiger partial charge in [-0.2, -0.15) is 0 Å². The van der Waals surface area contributed by atoms with Crippen LogP contribution in [0.5, 0.6) is 5.88 Å². The van der Waals surface area contributed by atoms with E-state index in [-0.39, 0.29) is 11.2 Å². The van der Waals surface area contributed by atoms with Crippen molar-refractivity contribution >= 4 is 5.82 Å². The number of benzene rings is 1. The Hall–Kier alpha value is -2.21. The molecule has 6 heteroatoms. The van der Waals surface area contributed by atoms with E-state index in [9.17, 15) is 4.39 Å². The van der Waals surface area contributed by atoms with Crippen molar-refractivity contribution in [3.63, 3.8) is 0 Å². The molecule has 22 heavy (non-hydrogen) atoms. The van der Waals surface area contributed by atoms with Crippen molar-refractivity contribution in [3.8, 4) is 5.88 Å². The molecule has 1 atom stereocenters. The normalized spacial score (nSPS) is 20.8. The molecule has 2 aromatic rings. The minimum Gasteiger partial charge on any atom is -0.481 e. The van der Waals surface area contributed by atoms with Gasteiger partial charge in [0.2, 0.25) is 5.88 Å². The van der Waals surface area contributed by atoms with Crippen LogP contribution in [0, 0.1) is 5.82 Å². The fraction of sp³-hybridized carbons (Fsp3) is 0.375. The van der Waals surface area contributed by atoms with Crippen LogP contribution in [0.15, 0.2) is 36.7 Å². The number of halogens is 1. The first-order valence-corrected chi connectivity index (χ1v) is 7.16. The van der Waals surface area contributed by atoms with Gasteiger partial charge >= 0.3 is 0 Å². The van der Waals surface area contributed by atoms with E-state index in [4.69, 9.17) is 9.47 Å². The summed E-state index contributed by atoms with van der Waals surface area (Å²) >= 11 is 0. The lowest BCUT2D eigenvalue weighted by Gasteiger charge is -2.28. The van der Waals surface area contributed by atoms with Crippen molar-refractivity contribution in [2.45, 2.75) is 11.8 Å². The summed E-state index contributed by atoms with van der Waals surface area (Å²) in [6, 6.07) is 8.44. The van der Waals surface area contributed by atoms with Crippen LogP contribution in [-0.2, 0) is 10.2 Å². The molecule has 116 valence electrons. The first-order valence-electron chi connectivity index (χ1n) is 7.16. The van der Waals surface area contributed by atoms with E-state index in [0.717, 1.165) is 12.0 Å². The van der Waals surface area contributed by atoms with Gasteiger partial charge in [-0.05, 0) is 24.1 Å². The molecule has 1 aliphatic heterocycles. The van der Waals surface area contributed by atoms with E-state index in [2.05, 4.69) is 15.3 Å². The van der Waals surface area contributed by atoms with Crippen molar-refractivity contribution < 1.29 is 13.9 Å². The average Bonchev–Trinajstić information content (AvgIpc) is 3.03. The molecule has 3 rings (SSSR count). The Morgan fingerprint density at radius 1 is 1.36 bits per heavy atom. The maximum absolute atomic E-state index is 13.6. The number of hydrogen-bond acceptors (Lipinski definition) is 5. The van der Waals surface area contributed by atoms with Crippen LogP contribution in [0.25, 0.3) is 0 Å². The third-order valence-corrected chi connectivity index (χ3v) is 4.00. The molecule has 0 amide bonds. The Labute approximate surface area is 128 Å². The summed E-state index contributed by atoms with van der Waals surface area (Å²) in [4.78, 5) is 8.15. The second-order valence-electron chi connectivity index (χ2n) is 5.39.